The molecule has 2 atom stereocenters. The fourth-order valence-corrected chi connectivity index (χ4v) is 3.90. The molecule has 5 rings (SSSR count). The van der Waals surface area contributed by atoms with Gasteiger partial charge in [0.05, 0.1) is 16.6 Å². The number of aromatic nitrogens is 2. The van der Waals surface area contributed by atoms with Gasteiger partial charge < -0.3 is 9.67 Å². The highest BCUT2D eigenvalue weighted by molar-refractivity contribution is 5.97. The first-order valence-electron chi connectivity index (χ1n) is 8.74. The summed E-state index contributed by atoms with van der Waals surface area (Å²) in [7, 11) is 1.82. The van der Waals surface area contributed by atoms with Gasteiger partial charge >= 0.3 is 0 Å². The monoisotopic (exact) mass is 377 g/mol. The van der Waals surface area contributed by atoms with Gasteiger partial charge in [0.25, 0.3) is 5.91 Å². The Morgan fingerprint density at radius 2 is 1.96 bits per heavy atom. The first kappa shape index (κ1) is 16.6. The minimum absolute atomic E-state index is 0.312. The van der Waals surface area contributed by atoms with Gasteiger partial charge in [0.15, 0.2) is 5.60 Å². The minimum Gasteiger partial charge on any atom is -0.376 e. The zero-order chi connectivity index (χ0) is 19.5. The fraction of sp³-hybridized carbons (Fsp3) is 0.150. The van der Waals surface area contributed by atoms with Gasteiger partial charge in [0.2, 0.25) is 0 Å². The van der Waals surface area contributed by atoms with Gasteiger partial charge in [0.1, 0.15) is 17.7 Å². The van der Waals surface area contributed by atoms with Crippen LogP contribution in [0.3, 0.4) is 0 Å². The number of imidazole rings is 1. The number of carbonyl (C=O) groups excluding carboxylic acids is 1. The second-order valence-corrected chi connectivity index (χ2v) is 6.86. The van der Waals surface area contributed by atoms with Gasteiger partial charge in [-0.05, 0) is 29.8 Å². The molecule has 0 radical (unpaired) electrons. The molecule has 8 heteroatoms. The molecule has 140 valence electrons. The minimum atomic E-state index is -1.69. The number of hydrogen-bond donors (Lipinski definition) is 3. The molecule has 2 aliphatic heterocycles. The molecule has 0 bridgehead atoms. The summed E-state index contributed by atoms with van der Waals surface area (Å²) in [6, 6.07) is 10.0. The molecule has 3 aromatic rings. The molecular formula is C20H16FN5O2. The summed E-state index contributed by atoms with van der Waals surface area (Å²) in [5, 5.41) is 13.1. The van der Waals surface area contributed by atoms with E-state index in [1.165, 1.54) is 24.3 Å². The van der Waals surface area contributed by atoms with Crippen LogP contribution in [0.15, 0.2) is 59.9 Å². The number of aryl methyl sites for hydroxylation is 1. The van der Waals surface area contributed by atoms with Crippen LogP contribution in [0.4, 0.5) is 4.39 Å². The van der Waals surface area contributed by atoms with Crippen molar-refractivity contribution in [2.24, 2.45) is 12.0 Å². The molecule has 1 amide bonds. The molecule has 0 saturated carbocycles. The first-order chi connectivity index (χ1) is 13.5. The van der Waals surface area contributed by atoms with Crippen LogP contribution in [0.2, 0.25) is 0 Å². The molecule has 1 aromatic heterocycles. The third-order valence-electron chi connectivity index (χ3n) is 5.27. The van der Waals surface area contributed by atoms with Crippen molar-refractivity contribution in [3.8, 4) is 0 Å². The van der Waals surface area contributed by atoms with Crippen LogP contribution in [0.25, 0.3) is 5.70 Å². The Bertz CT molecular complexity index is 1230. The summed E-state index contributed by atoms with van der Waals surface area (Å²) in [4.78, 5) is 21.4. The molecule has 0 fully saturated rings. The van der Waals surface area contributed by atoms with Crippen molar-refractivity contribution in [1.82, 2.24) is 20.4 Å². The number of halogens is 1. The maximum atomic E-state index is 13.6. The van der Waals surface area contributed by atoms with E-state index in [2.05, 4.69) is 15.8 Å². The second kappa shape index (κ2) is 5.74. The standard InChI is InChI=1S/C20H16FN5O2/c1-26-10-9-22-18(26)17-20(28,11-5-7-12(21)8-6-11)16-15-13(19(27)25-24-16)3-2-4-14(15)23-17/h2-10,17,24,28H,1H3,(H,25,27). The summed E-state index contributed by atoms with van der Waals surface area (Å²) in [5.74, 6) is -0.189. The Balaban J connectivity index is 1.90. The van der Waals surface area contributed by atoms with E-state index in [0.29, 0.717) is 33.2 Å². The lowest BCUT2D eigenvalue weighted by Crippen LogP contribution is -2.59. The van der Waals surface area contributed by atoms with E-state index < -0.39 is 17.5 Å². The van der Waals surface area contributed by atoms with Gasteiger partial charge in [-0.2, -0.15) is 0 Å². The van der Waals surface area contributed by atoms with E-state index in [1.807, 2.05) is 7.05 Å². The lowest BCUT2D eigenvalue weighted by atomic mass is 9.79. The van der Waals surface area contributed by atoms with Crippen molar-refractivity contribution in [2.75, 3.05) is 0 Å². The van der Waals surface area contributed by atoms with E-state index in [4.69, 9.17) is 4.99 Å². The van der Waals surface area contributed by atoms with Crippen LogP contribution >= 0.6 is 0 Å². The van der Waals surface area contributed by atoms with E-state index in [9.17, 15) is 14.3 Å². The zero-order valence-electron chi connectivity index (χ0n) is 14.8. The van der Waals surface area contributed by atoms with E-state index >= 15 is 0 Å². The highest BCUT2D eigenvalue weighted by Crippen LogP contribution is 2.43. The van der Waals surface area contributed by atoms with Crippen LogP contribution in [0, 0.1) is 5.82 Å². The Morgan fingerprint density at radius 1 is 1.18 bits per heavy atom. The number of rotatable bonds is 2. The van der Waals surface area contributed by atoms with Gasteiger partial charge in [0, 0.05) is 24.7 Å². The van der Waals surface area contributed by atoms with Crippen LogP contribution in [-0.4, -0.2) is 20.6 Å². The van der Waals surface area contributed by atoms with Crippen LogP contribution in [-0.2, 0) is 12.6 Å². The molecule has 2 aliphatic rings. The third kappa shape index (κ3) is 2.15. The average Bonchev–Trinajstić information content (AvgIpc) is 3.12. The number of hydrogen-bond acceptors (Lipinski definition) is 5. The summed E-state index contributed by atoms with van der Waals surface area (Å²) in [6.45, 7) is 0. The molecule has 0 spiro atoms. The number of hydrazine groups is 1. The number of aliphatic hydroxyl groups is 1. The summed E-state index contributed by atoms with van der Waals surface area (Å²) >= 11 is 0. The smallest absolute Gasteiger partial charge is 0.270 e. The third-order valence-corrected chi connectivity index (χ3v) is 5.27. The van der Waals surface area contributed by atoms with E-state index in [-0.39, 0.29) is 5.91 Å². The second-order valence-electron chi connectivity index (χ2n) is 6.86. The normalized spacial score (nSPS) is 22.8. The molecule has 2 unspecified atom stereocenters. The molecule has 2 aromatic carbocycles. The quantitative estimate of drug-likeness (QED) is 0.594. The van der Waals surface area contributed by atoms with Gasteiger partial charge in [-0.15, -0.1) is 0 Å². The largest absolute Gasteiger partial charge is 0.376 e. The highest BCUT2D eigenvalue weighted by Gasteiger charge is 2.49. The average molecular weight is 377 g/mol. The van der Waals surface area contributed by atoms with Crippen LogP contribution in [0.5, 0.6) is 0 Å². The molecular weight excluding hydrogens is 361 g/mol. The SMILES string of the molecule is Cn1ccnc1C1N=c2cccc3c2=C(NNC3=O)C1(O)c1ccc(F)cc1. The molecule has 28 heavy (non-hydrogen) atoms. The maximum Gasteiger partial charge on any atom is 0.270 e. The summed E-state index contributed by atoms with van der Waals surface area (Å²) < 4.78 is 15.3. The predicted octanol–water partition coefficient (Wildman–Crippen LogP) is 0.178. The van der Waals surface area contributed by atoms with E-state index in [0.717, 1.165) is 0 Å². The number of benzene rings is 2. The molecule has 3 N–H and O–H groups in total. The summed E-state index contributed by atoms with van der Waals surface area (Å²) in [6.07, 6.45) is 3.39. The van der Waals surface area contributed by atoms with Crippen LogP contribution in [0.1, 0.15) is 27.8 Å². The summed E-state index contributed by atoms with van der Waals surface area (Å²) in [5.41, 5.74) is 4.98. The number of amides is 1. The van der Waals surface area contributed by atoms with E-state index in [1.54, 1.807) is 35.2 Å². The van der Waals surface area contributed by atoms with Crippen molar-refractivity contribution in [1.29, 1.82) is 0 Å². The molecule has 7 nitrogen and oxygen atoms in total. The number of nitrogens with zero attached hydrogens (tertiary/aromatic N) is 3. The Morgan fingerprint density at radius 3 is 2.68 bits per heavy atom. The van der Waals surface area contributed by atoms with Crippen molar-refractivity contribution in [3.63, 3.8) is 0 Å². The number of carbonyl (C=O) groups is 1. The number of nitrogens with one attached hydrogen (secondary N) is 2. The van der Waals surface area contributed by atoms with Crippen molar-refractivity contribution >= 4 is 11.6 Å². The van der Waals surface area contributed by atoms with Gasteiger partial charge in [-0.25, -0.2) is 9.37 Å². The lowest BCUT2D eigenvalue weighted by molar-refractivity contribution is 0.0532. The lowest BCUT2D eigenvalue weighted by Gasteiger charge is -2.40. The topological polar surface area (TPSA) is 91.5 Å². The molecule has 0 aliphatic carbocycles. The molecule has 0 saturated heterocycles. The van der Waals surface area contributed by atoms with Gasteiger partial charge in [-0.3, -0.25) is 20.6 Å². The van der Waals surface area contributed by atoms with Crippen LogP contribution < -0.4 is 21.4 Å². The van der Waals surface area contributed by atoms with Crippen molar-refractivity contribution in [3.05, 3.63) is 88.2 Å². The van der Waals surface area contributed by atoms with Crippen molar-refractivity contribution in [2.45, 2.75) is 11.6 Å². The fourth-order valence-electron chi connectivity index (χ4n) is 3.90. The van der Waals surface area contributed by atoms with Crippen molar-refractivity contribution < 1.29 is 14.3 Å². The zero-order valence-corrected chi connectivity index (χ0v) is 14.8. The Hall–Kier alpha value is -3.52. The highest BCUT2D eigenvalue weighted by atomic mass is 19.1. The molecule has 3 heterocycles. The Kier molecular flexibility index (Phi) is 3.41. The Labute approximate surface area is 158 Å². The van der Waals surface area contributed by atoms with Gasteiger partial charge in [-0.1, -0.05) is 18.2 Å². The first-order valence-corrected chi connectivity index (χ1v) is 8.74. The predicted molar refractivity (Wildman–Crippen MR) is 97.5 cm³/mol. The maximum absolute atomic E-state index is 13.6.